The Morgan fingerprint density at radius 3 is 2.74 bits per heavy atom. The summed E-state index contributed by atoms with van der Waals surface area (Å²) in [5, 5.41) is 3.30. The minimum Gasteiger partial charge on any atom is -0.495 e. The smallest absolute Gasteiger partial charge is 0.291 e. The molecule has 6 heteroatoms. The first kappa shape index (κ1) is 14.0. The van der Waals surface area contributed by atoms with Gasteiger partial charge in [-0.05, 0) is 46.6 Å². The zero-order chi connectivity index (χ0) is 14.0. The molecule has 1 N–H and O–H groups in total. The molecular weight excluding hydrogens is 334 g/mol. The standard InChI is InChI=1S/C13H11BrClNO3/c1-7-5-9(11(18-2)6-8(7)15)16-13(17)10-3-4-12(14)19-10/h3-6H,1-2H3,(H,16,17). The topological polar surface area (TPSA) is 51.5 Å². The number of furan rings is 1. The third kappa shape index (κ3) is 3.11. The summed E-state index contributed by atoms with van der Waals surface area (Å²) in [6.07, 6.45) is 0. The number of methoxy groups -OCH3 is 1. The molecule has 1 heterocycles. The molecule has 0 radical (unpaired) electrons. The summed E-state index contributed by atoms with van der Waals surface area (Å²) >= 11 is 9.15. The van der Waals surface area contributed by atoms with E-state index in [1.54, 1.807) is 24.3 Å². The van der Waals surface area contributed by atoms with Gasteiger partial charge < -0.3 is 14.5 Å². The van der Waals surface area contributed by atoms with Crippen molar-refractivity contribution in [1.29, 1.82) is 0 Å². The van der Waals surface area contributed by atoms with Gasteiger partial charge in [-0.25, -0.2) is 0 Å². The number of aryl methyl sites for hydroxylation is 1. The number of nitrogens with one attached hydrogen (secondary N) is 1. The Kier molecular flexibility index (Phi) is 4.17. The van der Waals surface area contributed by atoms with Crippen LogP contribution in [-0.2, 0) is 0 Å². The van der Waals surface area contributed by atoms with E-state index < -0.39 is 0 Å². The molecular formula is C13H11BrClNO3. The first-order valence-corrected chi connectivity index (χ1v) is 6.59. The van der Waals surface area contributed by atoms with Crippen LogP contribution in [0.2, 0.25) is 5.02 Å². The molecule has 1 amide bonds. The summed E-state index contributed by atoms with van der Waals surface area (Å²) in [5.74, 6) is 0.349. The van der Waals surface area contributed by atoms with Gasteiger partial charge in [-0.15, -0.1) is 0 Å². The second-order valence-corrected chi connectivity index (χ2v) is 5.05. The Labute approximate surface area is 123 Å². The first-order valence-electron chi connectivity index (χ1n) is 5.42. The minimum atomic E-state index is -0.356. The summed E-state index contributed by atoms with van der Waals surface area (Å²) in [6, 6.07) is 6.63. The van der Waals surface area contributed by atoms with Crippen molar-refractivity contribution >= 4 is 39.1 Å². The molecule has 0 aliphatic heterocycles. The van der Waals surface area contributed by atoms with Crippen LogP contribution >= 0.6 is 27.5 Å². The molecule has 4 nitrogen and oxygen atoms in total. The molecule has 0 spiro atoms. The summed E-state index contributed by atoms with van der Waals surface area (Å²) in [4.78, 5) is 12.0. The second kappa shape index (κ2) is 5.67. The Balaban J connectivity index is 2.28. The average Bonchev–Trinajstić information content (AvgIpc) is 2.80. The quantitative estimate of drug-likeness (QED) is 0.905. The number of anilines is 1. The fourth-order valence-electron chi connectivity index (χ4n) is 1.55. The highest BCUT2D eigenvalue weighted by atomic mass is 79.9. The SMILES string of the molecule is COc1cc(Cl)c(C)cc1NC(=O)c1ccc(Br)o1. The van der Waals surface area contributed by atoms with Gasteiger partial charge in [-0.3, -0.25) is 4.79 Å². The number of halogens is 2. The van der Waals surface area contributed by atoms with Crippen LogP contribution in [0.15, 0.2) is 33.4 Å². The molecule has 2 rings (SSSR count). The maximum Gasteiger partial charge on any atom is 0.291 e. The fourth-order valence-corrected chi connectivity index (χ4v) is 2.01. The highest BCUT2D eigenvalue weighted by molar-refractivity contribution is 9.10. The minimum absolute atomic E-state index is 0.210. The van der Waals surface area contributed by atoms with Crippen LogP contribution in [0.1, 0.15) is 16.1 Å². The zero-order valence-corrected chi connectivity index (χ0v) is 12.6. The summed E-state index contributed by atoms with van der Waals surface area (Å²) in [7, 11) is 1.51. The van der Waals surface area contributed by atoms with Crippen LogP contribution in [-0.4, -0.2) is 13.0 Å². The van der Waals surface area contributed by atoms with Crippen molar-refractivity contribution in [3.05, 3.63) is 45.3 Å². The molecule has 0 unspecified atom stereocenters. The van der Waals surface area contributed by atoms with E-state index in [1.807, 2.05) is 6.92 Å². The van der Waals surface area contributed by atoms with Gasteiger partial charge in [-0.2, -0.15) is 0 Å². The molecule has 19 heavy (non-hydrogen) atoms. The van der Waals surface area contributed by atoms with Gasteiger partial charge in [0.2, 0.25) is 0 Å². The maximum atomic E-state index is 12.0. The highest BCUT2D eigenvalue weighted by Gasteiger charge is 2.14. The lowest BCUT2D eigenvalue weighted by Crippen LogP contribution is -2.12. The number of hydrogen-bond donors (Lipinski definition) is 1. The summed E-state index contributed by atoms with van der Waals surface area (Å²) in [5.41, 5.74) is 1.39. The number of rotatable bonds is 3. The van der Waals surface area contributed by atoms with Crippen molar-refractivity contribution in [1.82, 2.24) is 0 Å². The van der Waals surface area contributed by atoms with Gasteiger partial charge in [-0.1, -0.05) is 11.6 Å². The van der Waals surface area contributed by atoms with E-state index in [1.165, 1.54) is 7.11 Å². The zero-order valence-electron chi connectivity index (χ0n) is 10.3. The van der Waals surface area contributed by atoms with Gasteiger partial charge in [0.15, 0.2) is 10.4 Å². The molecule has 2 aromatic rings. The number of hydrogen-bond acceptors (Lipinski definition) is 3. The molecule has 0 atom stereocenters. The number of amides is 1. The van der Waals surface area contributed by atoms with Crippen LogP contribution < -0.4 is 10.1 Å². The van der Waals surface area contributed by atoms with Gasteiger partial charge in [0.25, 0.3) is 5.91 Å². The van der Waals surface area contributed by atoms with Gasteiger partial charge in [0.1, 0.15) is 5.75 Å². The van der Waals surface area contributed by atoms with E-state index in [2.05, 4.69) is 21.2 Å². The summed E-state index contributed by atoms with van der Waals surface area (Å²) < 4.78 is 10.9. The van der Waals surface area contributed by atoms with Crippen LogP contribution in [0.25, 0.3) is 0 Å². The molecule has 1 aromatic carbocycles. The number of carbonyl (C=O) groups is 1. The monoisotopic (exact) mass is 343 g/mol. The predicted octanol–water partition coefficient (Wildman–Crippen LogP) is 4.26. The molecule has 0 aliphatic rings. The van der Waals surface area contributed by atoms with Crippen molar-refractivity contribution in [2.75, 3.05) is 12.4 Å². The molecule has 0 saturated carbocycles. The van der Waals surface area contributed by atoms with Gasteiger partial charge >= 0.3 is 0 Å². The third-order valence-corrected chi connectivity index (χ3v) is 3.36. The Morgan fingerprint density at radius 1 is 1.42 bits per heavy atom. The van der Waals surface area contributed by atoms with E-state index in [4.69, 9.17) is 20.8 Å². The Bertz CT molecular complexity index is 624. The Morgan fingerprint density at radius 2 is 2.16 bits per heavy atom. The molecule has 0 aliphatic carbocycles. The first-order chi connectivity index (χ1) is 9.01. The fraction of sp³-hybridized carbons (Fsp3) is 0.154. The molecule has 100 valence electrons. The van der Waals surface area contributed by atoms with E-state index in [9.17, 15) is 4.79 Å². The van der Waals surface area contributed by atoms with Crippen molar-refractivity contribution in [2.45, 2.75) is 6.92 Å². The van der Waals surface area contributed by atoms with E-state index in [0.29, 0.717) is 21.1 Å². The predicted molar refractivity (Wildman–Crippen MR) is 77.1 cm³/mol. The molecule has 1 aromatic heterocycles. The second-order valence-electron chi connectivity index (χ2n) is 3.86. The lowest BCUT2D eigenvalue weighted by molar-refractivity contribution is 0.0995. The Hall–Kier alpha value is -1.46. The van der Waals surface area contributed by atoms with E-state index >= 15 is 0 Å². The molecule has 0 fully saturated rings. The van der Waals surface area contributed by atoms with Crippen LogP contribution in [0.3, 0.4) is 0 Å². The van der Waals surface area contributed by atoms with Crippen molar-refractivity contribution in [3.8, 4) is 5.75 Å². The van der Waals surface area contributed by atoms with Gasteiger partial charge in [0.05, 0.1) is 12.8 Å². The molecule has 0 saturated heterocycles. The molecule has 0 bridgehead atoms. The van der Waals surface area contributed by atoms with Crippen LogP contribution in [0.4, 0.5) is 5.69 Å². The normalized spacial score (nSPS) is 10.3. The average molecular weight is 345 g/mol. The highest BCUT2D eigenvalue weighted by Crippen LogP contribution is 2.31. The van der Waals surface area contributed by atoms with Crippen molar-refractivity contribution in [2.24, 2.45) is 0 Å². The van der Waals surface area contributed by atoms with Crippen molar-refractivity contribution in [3.63, 3.8) is 0 Å². The lowest BCUT2D eigenvalue weighted by Gasteiger charge is -2.11. The number of carbonyl (C=O) groups excluding carboxylic acids is 1. The van der Waals surface area contributed by atoms with Crippen LogP contribution in [0, 0.1) is 6.92 Å². The third-order valence-electron chi connectivity index (χ3n) is 2.53. The van der Waals surface area contributed by atoms with E-state index in [0.717, 1.165) is 5.56 Å². The maximum absolute atomic E-state index is 12.0. The largest absolute Gasteiger partial charge is 0.495 e. The number of ether oxygens (including phenoxy) is 1. The lowest BCUT2D eigenvalue weighted by atomic mass is 10.2. The van der Waals surface area contributed by atoms with E-state index in [-0.39, 0.29) is 11.7 Å². The number of benzene rings is 1. The van der Waals surface area contributed by atoms with Crippen LogP contribution in [0.5, 0.6) is 5.75 Å². The summed E-state index contributed by atoms with van der Waals surface area (Å²) in [6.45, 7) is 1.85. The van der Waals surface area contributed by atoms with Gasteiger partial charge in [0, 0.05) is 11.1 Å². The van der Waals surface area contributed by atoms with Crippen molar-refractivity contribution < 1.29 is 13.9 Å².